The molecule has 4 aromatic rings. The molecule has 0 bridgehead atoms. The summed E-state index contributed by atoms with van der Waals surface area (Å²) in [5.41, 5.74) is 4.17. The van der Waals surface area contributed by atoms with E-state index in [9.17, 15) is 0 Å². The van der Waals surface area contributed by atoms with Crippen LogP contribution < -0.4 is 10.2 Å². The first-order valence-electron chi connectivity index (χ1n) is 14.0. The molecule has 1 saturated heterocycles. The number of hydrogen-bond donors (Lipinski definition) is 1. The van der Waals surface area contributed by atoms with Gasteiger partial charge in [0.2, 0.25) is 11.9 Å². The van der Waals surface area contributed by atoms with E-state index >= 15 is 0 Å². The van der Waals surface area contributed by atoms with Crippen molar-refractivity contribution in [2.45, 2.75) is 44.9 Å². The van der Waals surface area contributed by atoms with Crippen LogP contribution in [-0.4, -0.2) is 86.6 Å². The second kappa shape index (κ2) is 11.3. The maximum absolute atomic E-state index is 6.14. The Bertz CT molecular complexity index is 1420. The van der Waals surface area contributed by atoms with E-state index in [1.165, 1.54) is 31.2 Å². The molecule has 1 aliphatic carbocycles. The number of nitrogens with zero attached hydrogens (tertiary/aromatic N) is 7. The summed E-state index contributed by atoms with van der Waals surface area (Å²) in [4.78, 5) is 17.1. The van der Waals surface area contributed by atoms with Crippen LogP contribution in [0.1, 0.15) is 43.0 Å². The third-order valence-electron chi connectivity index (χ3n) is 7.67. The fourth-order valence-corrected chi connectivity index (χ4v) is 6.07. The van der Waals surface area contributed by atoms with Crippen LogP contribution in [0.25, 0.3) is 16.7 Å². The van der Waals surface area contributed by atoms with E-state index in [0.29, 0.717) is 38.4 Å². The van der Waals surface area contributed by atoms with Gasteiger partial charge in [0.15, 0.2) is 5.65 Å². The van der Waals surface area contributed by atoms with Gasteiger partial charge in [-0.2, -0.15) is 19.6 Å². The summed E-state index contributed by atoms with van der Waals surface area (Å²) < 4.78 is 15.8. The zero-order valence-electron chi connectivity index (χ0n) is 23.3. The number of benzene rings is 1. The first-order valence-corrected chi connectivity index (χ1v) is 17.0. The first kappa shape index (κ1) is 26.3. The van der Waals surface area contributed by atoms with Crippen LogP contribution in [0.5, 0.6) is 0 Å². The zero-order valence-corrected chi connectivity index (χ0v) is 24.1. The van der Waals surface area contributed by atoms with Crippen molar-refractivity contribution in [3.63, 3.8) is 0 Å². The lowest BCUT2D eigenvalue weighted by Gasteiger charge is -2.27. The van der Waals surface area contributed by atoms with Gasteiger partial charge in [0, 0.05) is 24.4 Å². The summed E-state index contributed by atoms with van der Waals surface area (Å²) in [5, 5.41) is 8.31. The molecule has 39 heavy (non-hydrogen) atoms. The van der Waals surface area contributed by atoms with Gasteiger partial charge < -0.3 is 24.3 Å². The number of rotatable bonds is 10. The number of imidazole rings is 1. The minimum Gasteiger partial charge on any atom is -0.378 e. The topological polar surface area (TPSA) is 94.6 Å². The van der Waals surface area contributed by atoms with Crippen molar-refractivity contribution >= 4 is 38.6 Å². The van der Waals surface area contributed by atoms with Crippen molar-refractivity contribution in [3.8, 4) is 0 Å². The Morgan fingerprint density at radius 3 is 2.64 bits per heavy atom. The van der Waals surface area contributed by atoms with E-state index in [2.05, 4.69) is 45.7 Å². The van der Waals surface area contributed by atoms with E-state index < -0.39 is 10.0 Å². The van der Waals surface area contributed by atoms with Crippen molar-refractivity contribution in [1.82, 2.24) is 29.1 Å². The van der Waals surface area contributed by atoms with Crippen molar-refractivity contribution in [2.75, 3.05) is 67.6 Å². The number of nitrogens with one attached hydrogen (secondary N) is 1. The molecular formula is C28H40N8O2S. The minimum absolute atomic E-state index is 0.471. The second-order valence-electron chi connectivity index (χ2n) is 11.4. The van der Waals surface area contributed by atoms with Crippen LogP contribution >= 0.6 is 10.0 Å². The fraction of sp³-hybridized carbons (Fsp3) is 0.571. The molecule has 3 aromatic heterocycles. The number of para-hydroxylation sites is 2. The van der Waals surface area contributed by atoms with Crippen molar-refractivity contribution in [2.24, 2.45) is 0 Å². The fourth-order valence-electron chi connectivity index (χ4n) is 5.45. The molecule has 2 fully saturated rings. The highest BCUT2D eigenvalue weighted by Gasteiger charge is 2.25. The Labute approximate surface area is 231 Å². The Hall–Kier alpha value is -2.89. The van der Waals surface area contributed by atoms with Gasteiger partial charge >= 0.3 is 0 Å². The molecule has 0 spiro atoms. The van der Waals surface area contributed by atoms with Crippen LogP contribution in [0.15, 0.2) is 30.5 Å². The van der Waals surface area contributed by atoms with Gasteiger partial charge in [-0.25, -0.2) is 15.0 Å². The van der Waals surface area contributed by atoms with Crippen molar-refractivity contribution in [3.05, 3.63) is 41.9 Å². The van der Waals surface area contributed by atoms with Crippen molar-refractivity contribution < 1.29 is 9.47 Å². The molecule has 210 valence electrons. The normalized spacial score (nSPS) is 17.5. The van der Waals surface area contributed by atoms with E-state index in [1.54, 1.807) is 0 Å². The van der Waals surface area contributed by atoms with Crippen LogP contribution in [0.2, 0.25) is 0 Å². The maximum Gasteiger partial charge on any atom is 0.230 e. The number of hydrogen-bond acceptors (Lipinski definition) is 8. The Kier molecular flexibility index (Phi) is 7.64. The predicted molar refractivity (Wildman–Crippen MR) is 158 cm³/mol. The molecule has 1 aromatic carbocycles. The largest absolute Gasteiger partial charge is 0.378 e. The lowest BCUT2D eigenvalue weighted by Crippen LogP contribution is -2.37. The lowest BCUT2D eigenvalue weighted by atomic mass is 10.0. The highest BCUT2D eigenvalue weighted by Crippen LogP contribution is 2.36. The highest BCUT2D eigenvalue weighted by molar-refractivity contribution is 8.32. The van der Waals surface area contributed by atoms with Gasteiger partial charge in [0.25, 0.3) is 0 Å². The number of anilines is 2. The smallest absolute Gasteiger partial charge is 0.230 e. The maximum atomic E-state index is 6.14. The molecule has 1 aliphatic heterocycles. The van der Waals surface area contributed by atoms with E-state index in [1.807, 2.05) is 22.8 Å². The van der Waals surface area contributed by atoms with E-state index in [0.717, 1.165) is 53.9 Å². The van der Waals surface area contributed by atoms with Crippen LogP contribution in [0.3, 0.4) is 0 Å². The average molecular weight is 553 g/mol. The molecule has 1 saturated carbocycles. The molecule has 11 heteroatoms. The number of aromatic nitrogens is 6. The molecule has 0 amide bonds. The molecule has 0 unspecified atom stereocenters. The monoisotopic (exact) mass is 552 g/mol. The van der Waals surface area contributed by atoms with Gasteiger partial charge in [-0.3, -0.25) is 0 Å². The standard InChI is InChI=1S/C28H40N8O2S/c1-39(2,3)17-16-38-20-35-24-11-7-6-10-23(24)31-25(35)19-29-27-33-28(34-12-14-37-15-13-34)32-26-22(18-30-36(26)27)21-8-4-5-9-21/h6-7,10-11,18,21H,4-5,8-9,12-17,19-20H2,1-3H3,(H,29,32,33). The summed E-state index contributed by atoms with van der Waals surface area (Å²) in [7, 11) is -0.601. The Balaban J connectivity index is 1.29. The summed E-state index contributed by atoms with van der Waals surface area (Å²) in [6.07, 6.45) is 13.9. The summed E-state index contributed by atoms with van der Waals surface area (Å²) in [5.74, 6) is 3.91. The number of morpholine rings is 1. The predicted octanol–water partition coefficient (Wildman–Crippen LogP) is 4.25. The van der Waals surface area contributed by atoms with Crippen LogP contribution in [0.4, 0.5) is 11.9 Å². The third-order valence-corrected chi connectivity index (χ3v) is 9.06. The molecule has 4 heterocycles. The zero-order chi connectivity index (χ0) is 26.8. The molecule has 10 nitrogen and oxygen atoms in total. The quantitative estimate of drug-likeness (QED) is 0.292. The molecule has 0 atom stereocenters. The number of ether oxygens (including phenoxy) is 2. The Morgan fingerprint density at radius 2 is 1.85 bits per heavy atom. The Morgan fingerprint density at radius 1 is 1.05 bits per heavy atom. The van der Waals surface area contributed by atoms with Crippen LogP contribution in [0, 0.1) is 0 Å². The first-order chi connectivity index (χ1) is 19.0. The highest BCUT2D eigenvalue weighted by atomic mass is 32.3. The van der Waals surface area contributed by atoms with E-state index in [-0.39, 0.29) is 0 Å². The molecular weight excluding hydrogens is 512 g/mol. The van der Waals surface area contributed by atoms with Gasteiger partial charge in [0.05, 0.1) is 43.6 Å². The molecule has 6 rings (SSSR count). The lowest BCUT2D eigenvalue weighted by molar-refractivity contribution is 0.0905. The molecule has 1 N–H and O–H groups in total. The number of fused-ring (bicyclic) bond motifs is 2. The third kappa shape index (κ3) is 5.85. The second-order valence-corrected chi connectivity index (χ2v) is 16.0. The SMILES string of the molecule is CS(C)(C)CCOCn1c(CNc2nc(N3CCOCC3)nc3c(C4CCCC4)cnn23)nc2ccccc21. The van der Waals surface area contributed by atoms with Gasteiger partial charge in [0.1, 0.15) is 12.6 Å². The summed E-state index contributed by atoms with van der Waals surface area (Å²) in [6, 6.07) is 8.23. The van der Waals surface area contributed by atoms with Crippen molar-refractivity contribution in [1.29, 1.82) is 0 Å². The van der Waals surface area contributed by atoms with Gasteiger partial charge in [-0.1, -0.05) is 25.0 Å². The molecule has 2 aliphatic rings. The van der Waals surface area contributed by atoms with Gasteiger partial charge in [-0.15, -0.1) is 0 Å². The van der Waals surface area contributed by atoms with Gasteiger partial charge in [-0.05, 0) is 49.7 Å². The summed E-state index contributed by atoms with van der Waals surface area (Å²) >= 11 is 0. The average Bonchev–Trinajstić information content (AvgIpc) is 3.68. The van der Waals surface area contributed by atoms with Crippen LogP contribution in [-0.2, 0) is 22.7 Å². The minimum atomic E-state index is -0.601. The summed E-state index contributed by atoms with van der Waals surface area (Å²) in [6.45, 7) is 4.65. The molecule has 0 radical (unpaired) electrons. The van der Waals surface area contributed by atoms with E-state index in [4.69, 9.17) is 29.5 Å².